The molecule has 9 heteroatoms. The largest absolute Gasteiger partial charge is 0.507 e. The number of methoxy groups -OCH3 is 2. The van der Waals surface area contributed by atoms with E-state index in [-0.39, 0.29) is 17.9 Å². The normalized spacial score (nSPS) is 16.6. The highest BCUT2D eigenvalue weighted by Crippen LogP contribution is 2.40. The highest BCUT2D eigenvalue weighted by molar-refractivity contribution is 6.46. The number of H-pyrrole nitrogens is 1. The van der Waals surface area contributed by atoms with Gasteiger partial charge in [-0.1, -0.05) is 23.7 Å². The van der Waals surface area contributed by atoms with Crippen LogP contribution in [-0.2, 0) is 20.7 Å². The van der Waals surface area contributed by atoms with Gasteiger partial charge in [0.1, 0.15) is 11.5 Å². The van der Waals surface area contributed by atoms with E-state index in [2.05, 4.69) is 4.98 Å². The lowest BCUT2D eigenvalue weighted by molar-refractivity contribution is -0.139. The standard InChI is InChI=1S/C30H25ClN2O6/c1-38-22-11-12-24-23(15-22)20(16-32-24)13-14-33-26(17-3-5-19(6-4-17)30(37)39-2)25(28(35)29(33)36)27(34)18-7-9-21(31)10-8-18/h3-12,15-16,26,32,34H,13-14H2,1-2H3/t26-/m0/s1. The quantitative estimate of drug-likeness (QED) is 0.142. The van der Waals surface area contributed by atoms with Crippen molar-refractivity contribution in [2.75, 3.05) is 20.8 Å². The average molecular weight is 545 g/mol. The van der Waals surface area contributed by atoms with Gasteiger partial charge in [-0.3, -0.25) is 9.59 Å². The third-order valence-electron chi connectivity index (χ3n) is 6.90. The summed E-state index contributed by atoms with van der Waals surface area (Å²) in [6.07, 6.45) is 2.31. The van der Waals surface area contributed by atoms with E-state index in [0.717, 1.165) is 16.5 Å². The summed E-state index contributed by atoms with van der Waals surface area (Å²) in [5, 5.41) is 12.6. The van der Waals surface area contributed by atoms with Crippen molar-refractivity contribution < 1.29 is 29.0 Å². The molecule has 4 aromatic rings. The maximum absolute atomic E-state index is 13.3. The first-order valence-electron chi connectivity index (χ1n) is 12.2. The van der Waals surface area contributed by atoms with Crippen molar-refractivity contribution >= 4 is 45.9 Å². The number of likely N-dealkylation sites (tertiary alicyclic amines) is 1. The van der Waals surface area contributed by atoms with Crippen LogP contribution in [0.4, 0.5) is 0 Å². The number of esters is 1. The van der Waals surface area contributed by atoms with Crippen molar-refractivity contribution in [1.82, 2.24) is 9.88 Å². The minimum absolute atomic E-state index is 0.0336. The summed E-state index contributed by atoms with van der Waals surface area (Å²) in [4.78, 5) is 43.3. The highest BCUT2D eigenvalue weighted by atomic mass is 35.5. The number of nitrogens with one attached hydrogen (secondary N) is 1. The number of hydrogen-bond acceptors (Lipinski definition) is 6. The van der Waals surface area contributed by atoms with Crippen LogP contribution >= 0.6 is 11.6 Å². The number of aliphatic hydroxyl groups is 1. The number of hydrogen-bond donors (Lipinski definition) is 2. The van der Waals surface area contributed by atoms with Gasteiger partial charge in [-0.15, -0.1) is 0 Å². The average Bonchev–Trinajstić information content (AvgIpc) is 3.48. The van der Waals surface area contributed by atoms with Gasteiger partial charge in [-0.2, -0.15) is 0 Å². The summed E-state index contributed by atoms with van der Waals surface area (Å²) in [5.74, 6) is -1.61. The maximum atomic E-state index is 13.3. The Hall–Kier alpha value is -4.56. The van der Waals surface area contributed by atoms with Gasteiger partial charge in [0, 0.05) is 34.2 Å². The molecule has 0 aliphatic carbocycles. The Morgan fingerprint density at radius 1 is 1.00 bits per heavy atom. The second-order valence-electron chi connectivity index (χ2n) is 9.09. The smallest absolute Gasteiger partial charge is 0.337 e. The van der Waals surface area contributed by atoms with Crippen LogP contribution in [-0.4, -0.2) is 53.4 Å². The fraction of sp³-hybridized carbons (Fsp3) is 0.167. The Balaban J connectivity index is 1.55. The fourth-order valence-electron chi connectivity index (χ4n) is 4.87. The molecule has 1 aromatic heterocycles. The number of aromatic amines is 1. The van der Waals surface area contributed by atoms with Gasteiger partial charge >= 0.3 is 5.97 Å². The van der Waals surface area contributed by atoms with E-state index in [4.69, 9.17) is 21.1 Å². The fourth-order valence-corrected chi connectivity index (χ4v) is 5.00. The minimum Gasteiger partial charge on any atom is -0.507 e. The molecule has 1 aliphatic heterocycles. The molecule has 0 radical (unpaired) electrons. The Morgan fingerprint density at radius 2 is 1.69 bits per heavy atom. The number of amides is 1. The summed E-state index contributed by atoms with van der Waals surface area (Å²) in [6.45, 7) is 0.204. The summed E-state index contributed by atoms with van der Waals surface area (Å²) in [5.41, 5.74) is 3.08. The first-order valence-corrected chi connectivity index (χ1v) is 12.6. The molecule has 0 saturated carbocycles. The van der Waals surface area contributed by atoms with Crippen LogP contribution < -0.4 is 4.74 Å². The molecule has 3 aromatic carbocycles. The van der Waals surface area contributed by atoms with Crippen molar-refractivity contribution in [2.24, 2.45) is 0 Å². The Kier molecular flexibility index (Phi) is 7.13. The maximum Gasteiger partial charge on any atom is 0.337 e. The Bertz CT molecular complexity index is 1600. The van der Waals surface area contributed by atoms with Crippen molar-refractivity contribution in [2.45, 2.75) is 12.5 Å². The zero-order valence-electron chi connectivity index (χ0n) is 21.2. The third-order valence-corrected chi connectivity index (χ3v) is 7.15. The van der Waals surface area contributed by atoms with Gasteiger partial charge in [0.2, 0.25) is 0 Å². The molecule has 1 amide bonds. The molecule has 0 spiro atoms. The predicted molar refractivity (Wildman–Crippen MR) is 147 cm³/mol. The Morgan fingerprint density at radius 3 is 2.36 bits per heavy atom. The van der Waals surface area contributed by atoms with E-state index in [0.29, 0.717) is 33.9 Å². The number of ketones is 1. The minimum atomic E-state index is -0.868. The van der Waals surface area contributed by atoms with Gasteiger partial charge in [0.25, 0.3) is 11.7 Å². The molecule has 1 atom stereocenters. The first-order chi connectivity index (χ1) is 18.8. The molecule has 1 fully saturated rings. The van der Waals surface area contributed by atoms with E-state index in [9.17, 15) is 19.5 Å². The van der Waals surface area contributed by atoms with Crippen molar-refractivity contribution in [3.63, 3.8) is 0 Å². The van der Waals surface area contributed by atoms with E-state index in [1.807, 2.05) is 24.4 Å². The van der Waals surface area contributed by atoms with Crippen LogP contribution in [0.15, 0.2) is 78.5 Å². The van der Waals surface area contributed by atoms with Crippen molar-refractivity contribution in [3.05, 3.63) is 106 Å². The zero-order chi connectivity index (χ0) is 27.7. The third kappa shape index (κ3) is 4.86. The molecule has 0 unspecified atom stereocenters. The van der Waals surface area contributed by atoms with Crippen LogP contribution in [0.3, 0.4) is 0 Å². The molecule has 1 saturated heterocycles. The summed E-state index contributed by atoms with van der Waals surface area (Å²) < 4.78 is 10.1. The lowest BCUT2D eigenvalue weighted by atomic mass is 9.94. The Labute approximate surface area is 229 Å². The van der Waals surface area contributed by atoms with Crippen LogP contribution in [0.2, 0.25) is 5.02 Å². The summed E-state index contributed by atoms with van der Waals surface area (Å²) >= 11 is 6.00. The monoisotopic (exact) mass is 544 g/mol. The van der Waals surface area contributed by atoms with Crippen molar-refractivity contribution in [3.8, 4) is 5.75 Å². The van der Waals surface area contributed by atoms with Gasteiger partial charge in [0.05, 0.1) is 31.4 Å². The number of nitrogens with zero attached hydrogens (tertiary/aromatic N) is 1. The van der Waals surface area contributed by atoms with E-state index >= 15 is 0 Å². The van der Waals surface area contributed by atoms with Crippen LogP contribution in [0, 0.1) is 0 Å². The number of ether oxygens (including phenoxy) is 2. The van der Waals surface area contributed by atoms with Crippen molar-refractivity contribution in [1.29, 1.82) is 0 Å². The van der Waals surface area contributed by atoms with Crippen LogP contribution in [0.25, 0.3) is 16.7 Å². The topological polar surface area (TPSA) is 109 Å². The molecule has 5 rings (SSSR count). The number of rotatable bonds is 7. The van der Waals surface area contributed by atoms with E-state index in [1.165, 1.54) is 12.0 Å². The SMILES string of the molecule is COC(=O)c1ccc([C@H]2C(=C(O)c3ccc(Cl)cc3)C(=O)C(=O)N2CCc2c[nH]c3ccc(OC)cc23)cc1. The number of fused-ring (bicyclic) bond motifs is 1. The second kappa shape index (κ2) is 10.7. The number of Topliss-reactive ketones (excluding diaryl/α,β-unsaturated/α-hetero) is 1. The molecule has 8 nitrogen and oxygen atoms in total. The molecule has 2 N–H and O–H groups in total. The molecule has 39 heavy (non-hydrogen) atoms. The molecule has 2 heterocycles. The number of aliphatic hydroxyl groups excluding tert-OH is 1. The van der Waals surface area contributed by atoms with Gasteiger partial charge in [-0.05, 0) is 72.1 Å². The highest BCUT2D eigenvalue weighted by Gasteiger charge is 2.46. The number of carbonyl (C=O) groups excluding carboxylic acids is 3. The van der Waals surface area contributed by atoms with E-state index in [1.54, 1.807) is 55.6 Å². The van der Waals surface area contributed by atoms with Crippen LogP contribution in [0.1, 0.15) is 33.1 Å². The molecular formula is C30H25ClN2O6. The zero-order valence-corrected chi connectivity index (χ0v) is 22.0. The molecule has 198 valence electrons. The van der Waals surface area contributed by atoms with Crippen LogP contribution in [0.5, 0.6) is 5.75 Å². The molecular weight excluding hydrogens is 520 g/mol. The lowest BCUT2D eigenvalue weighted by Crippen LogP contribution is -2.31. The predicted octanol–water partition coefficient (Wildman–Crippen LogP) is 5.28. The first kappa shape index (κ1) is 26.1. The van der Waals surface area contributed by atoms with Gasteiger partial charge < -0.3 is 24.5 Å². The molecule has 0 bridgehead atoms. The van der Waals surface area contributed by atoms with Gasteiger partial charge in [0.15, 0.2) is 0 Å². The number of carbonyl (C=O) groups is 3. The summed E-state index contributed by atoms with van der Waals surface area (Å²) in [7, 11) is 2.89. The summed E-state index contributed by atoms with van der Waals surface area (Å²) in [6, 6.07) is 17.6. The molecule has 1 aliphatic rings. The second-order valence-corrected chi connectivity index (χ2v) is 9.52. The van der Waals surface area contributed by atoms with E-state index < -0.39 is 23.7 Å². The van der Waals surface area contributed by atoms with Gasteiger partial charge in [-0.25, -0.2) is 4.79 Å². The number of halogens is 1. The number of benzene rings is 3. The number of aromatic nitrogens is 1. The lowest BCUT2D eigenvalue weighted by Gasteiger charge is -2.25.